The van der Waals surface area contributed by atoms with Gasteiger partial charge in [0.1, 0.15) is 0 Å². The van der Waals surface area contributed by atoms with Gasteiger partial charge in [0.15, 0.2) is 0 Å². The average molecular weight is 351 g/mol. The third kappa shape index (κ3) is 4.12. The maximum absolute atomic E-state index is 12.2. The summed E-state index contributed by atoms with van der Waals surface area (Å²) in [6.07, 6.45) is 2.12. The molecule has 0 unspecified atom stereocenters. The van der Waals surface area contributed by atoms with Crippen molar-refractivity contribution in [3.63, 3.8) is 0 Å². The molecule has 3 rings (SSSR count). The van der Waals surface area contributed by atoms with Crippen LogP contribution in [0.15, 0.2) is 24.3 Å². The van der Waals surface area contributed by atoms with Crippen LogP contribution < -0.4 is 10.2 Å². The van der Waals surface area contributed by atoms with E-state index in [-0.39, 0.29) is 18.5 Å². The van der Waals surface area contributed by atoms with E-state index in [1.165, 1.54) is 0 Å². The van der Waals surface area contributed by atoms with Gasteiger partial charge in [-0.2, -0.15) is 0 Å². The van der Waals surface area contributed by atoms with E-state index in [1.54, 1.807) is 4.90 Å². The normalized spacial score (nSPS) is 18.0. The molecular formula is C17H23ClN4O2. The molecule has 1 aromatic carbocycles. The summed E-state index contributed by atoms with van der Waals surface area (Å²) in [7, 11) is 0. The third-order valence-electron chi connectivity index (χ3n) is 4.59. The van der Waals surface area contributed by atoms with Gasteiger partial charge < -0.3 is 20.0 Å². The Morgan fingerprint density at radius 3 is 2.38 bits per heavy atom. The molecule has 0 spiro atoms. The number of amides is 3. The maximum atomic E-state index is 12.2. The number of carbonyl (C=O) groups excluding carboxylic acids is 2. The Kier molecular flexibility index (Phi) is 5.45. The Morgan fingerprint density at radius 2 is 1.71 bits per heavy atom. The molecular weight excluding hydrogens is 328 g/mol. The summed E-state index contributed by atoms with van der Waals surface area (Å²) in [5.74, 6) is 0.0124. The molecule has 2 aliphatic heterocycles. The topological polar surface area (TPSA) is 55.9 Å². The van der Waals surface area contributed by atoms with Gasteiger partial charge in [0.2, 0.25) is 5.91 Å². The van der Waals surface area contributed by atoms with Crippen molar-refractivity contribution in [3.8, 4) is 0 Å². The molecule has 2 heterocycles. The molecule has 2 fully saturated rings. The largest absolute Gasteiger partial charge is 0.368 e. The summed E-state index contributed by atoms with van der Waals surface area (Å²) < 4.78 is 0. The number of halogens is 1. The average Bonchev–Trinajstić information content (AvgIpc) is 3.14. The van der Waals surface area contributed by atoms with Crippen LogP contribution in [0.2, 0.25) is 5.02 Å². The predicted molar refractivity (Wildman–Crippen MR) is 94.5 cm³/mol. The molecule has 0 bridgehead atoms. The van der Waals surface area contributed by atoms with E-state index in [4.69, 9.17) is 11.6 Å². The first-order valence-corrected chi connectivity index (χ1v) is 8.82. The molecule has 24 heavy (non-hydrogen) atoms. The first kappa shape index (κ1) is 16.9. The number of nitrogens with zero attached hydrogens (tertiary/aromatic N) is 3. The molecule has 130 valence electrons. The monoisotopic (exact) mass is 350 g/mol. The number of hydrogen-bond acceptors (Lipinski definition) is 3. The maximum Gasteiger partial charge on any atom is 0.317 e. The van der Waals surface area contributed by atoms with E-state index in [0.29, 0.717) is 18.1 Å². The van der Waals surface area contributed by atoms with Crippen LogP contribution in [-0.2, 0) is 4.79 Å². The van der Waals surface area contributed by atoms with Crippen LogP contribution in [-0.4, -0.2) is 67.6 Å². The Bertz CT molecular complexity index is 596. The highest BCUT2D eigenvalue weighted by molar-refractivity contribution is 6.30. The van der Waals surface area contributed by atoms with E-state index in [1.807, 2.05) is 29.2 Å². The predicted octanol–water partition coefficient (Wildman–Crippen LogP) is 1.79. The zero-order valence-corrected chi connectivity index (χ0v) is 14.5. The molecule has 0 aromatic heterocycles. The third-order valence-corrected chi connectivity index (χ3v) is 4.82. The van der Waals surface area contributed by atoms with Gasteiger partial charge in [0.25, 0.3) is 0 Å². The Balaban J connectivity index is 1.44. The zero-order chi connectivity index (χ0) is 16.9. The van der Waals surface area contributed by atoms with Crippen molar-refractivity contribution in [2.75, 3.05) is 50.7 Å². The van der Waals surface area contributed by atoms with Crippen molar-refractivity contribution in [2.24, 2.45) is 0 Å². The summed E-state index contributed by atoms with van der Waals surface area (Å²) in [4.78, 5) is 30.0. The van der Waals surface area contributed by atoms with Gasteiger partial charge in [-0.05, 0) is 31.0 Å². The Morgan fingerprint density at radius 1 is 1.00 bits per heavy atom. The molecule has 0 saturated carbocycles. The van der Waals surface area contributed by atoms with Crippen LogP contribution >= 0.6 is 11.6 Å². The molecule has 2 saturated heterocycles. The number of piperazine rings is 1. The molecule has 0 atom stereocenters. The minimum atomic E-state index is -0.159. The second-order valence-electron chi connectivity index (χ2n) is 6.20. The molecule has 7 heteroatoms. The highest BCUT2D eigenvalue weighted by Crippen LogP contribution is 2.20. The summed E-state index contributed by atoms with van der Waals surface area (Å²) in [5, 5.41) is 3.46. The fourth-order valence-electron chi connectivity index (χ4n) is 3.18. The van der Waals surface area contributed by atoms with Gasteiger partial charge >= 0.3 is 6.03 Å². The Hall–Kier alpha value is -1.95. The summed E-state index contributed by atoms with van der Waals surface area (Å²) >= 11 is 6.03. The number of anilines is 1. The first-order chi connectivity index (χ1) is 11.6. The van der Waals surface area contributed by atoms with Crippen molar-refractivity contribution in [1.29, 1.82) is 0 Å². The van der Waals surface area contributed by atoms with E-state index in [9.17, 15) is 9.59 Å². The molecule has 1 N–H and O–H groups in total. The smallest absolute Gasteiger partial charge is 0.317 e. The number of hydrogen-bond donors (Lipinski definition) is 1. The van der Waals surface area contributed by atoms with E-state index in [0.717, 1.165) is 44.7 Å². The van der Waals surface area contributed by atoms with Gasteiger partial charge in [-0.1, -0.05) is 17.7 Å². The van der Waals surface area contributed by atoms with E-state index >= 15 is 0 Å². The molecule has 0 aliphatic carbocycles. The van der Waals surface area contributed by atoms with Crippen LogP contribution in [0.25, 0.3) is 0 Å². The zero-order valence-electron chi connectivity index (χ0n) is 13.7. The Labute approximate surface area is 147 Å². The van der Waals surface area contributed by atoms with Crippen molar-refractivity contribution >= 4 is 29.2 Å². The summed E-state index contributed by atoms with van der Waals surface area (Å²) in [6.45, 7) is 4.50. The second-order valence-corrected chi connectivity index (χ2v) is 6.64. The lowest BCUT2D eigenvalue weighted by atomic mass is 10.2. The van der Waals surface area contributed by atoms with Crippen LogP contribution in [0.3, 0.4) is 0 Å². The fraction of sp³-hybridized carbons (Fsp3) is 0.529. The van der Waals surface area contributed by atoms with E-state index < -0.39 is 0 Å². The standard InChI is InChI=1S/C17H23ClN4O2/c18-14-4-3-5-15(12-14)20-8-10-22(11-9-20)17(24)19-13-16(23)21-6-1-2-7-21/h3-5,12H,1-2,6-11,13H2,(H,19,24). The minimum absolute atomic E-state index is 0.0124. The fourth-order valence-corrected chi connectivity index (χ4v) is 3.37. The van der Waals surface area contributed by atoms with Crippen LogP contribution in [0.5, 0.6) is 0 Å². The molecule has 0 radical (unpaired) electrons. The van der Waals surface area contributed by atoms with E-state index in [2.05, 4.69) is 10.2 Å². The number of nitrogens with one attached hydrogen (secondary N) is 1. The number of benzene rings is 1. The van der Waals surface area contributed by atoms with Gasteiger partial charge in [-0.3, -0.25) is 4.79 Å². The second kappa shape index (κ2) is 7.75. The lowest BCUT2D eigenvalue weighted by Gasteiger charge is -2.36. The summed E-state index contributed by atoms with van der Waals surface area (Å²) in [6, 6.07) is 7.59. The lowest BCUT2D eigenvalue weighted by molar-refractivity contribution is -0.129. The van der Waals surface area contributed by atoms with Crippen LogP contribution in [0.4, 0.5) is 10.5 Å². The quantitative estimate of drug-likeness (QED) is 0.904. The number of urea groups is 1. The SMILES string of the molecule is O=C(CNC(=O)N1CCN(c2cccc(Cl)c2)CC1)N1CCCC1. The van der Waals surface area contributed by atoms with Crippen molar-refractivity contribution in [2.45, 2.75) is 12.8 Å². The van der Waals surface area contributed by atoms with Crippen LogP contribution in [0, 0.1) is 0 Å². The van der Waals surface area contributed by atoms with Crippen molar-refractivity contribution in [1.82, 2.24) is 15.1 Å². The first-order valence-electron chi connectivity index (χ1n) is 8.44. The molecule has 2 aliphatic rings. The number of likely N-dealkylation sites (tertiary alicyclic amines) is 1. The number of carbonyl (C=O) groups is 2. The number of rotatable bonds is 3. The lowest BCUT2D eigenvalue weighted by Crippen LogP contribution is -2.53. The van der Waals surface area contributed by atoms with Gasteiger partial charge in [-0.15, -0.1) is 0 Å². The molecule has 3 amide bonds. The van der Waals surface area contributed by atoms with Gasteiger partial charge in [0.05, 0.1) is 6.54 Å². The highest BCUT2D eigenvalue weighted by atomic mass is 35.5. The van der Waals surface area contributed by atoms with Crippen molar-refractivity contribution in [3.05, 3.63) is 29.3 Å². The van der Waals surface area contributed by atoms with Crippen LogP contribution in [0.1, 0.15) is 12.8 Å². The highest BCUT2D eigenvalue weighted by Gasteiger charge is 2.23. The summed E-state index contributed by atoms with van der Waals surface area (Å²) in [5.41, 5.74) is 1.08. The molecule has 1 aromatic rings. The molecule has 6 nitrogen and oxygen atoms in total. The minimum Gasteiger partial charge on any atom is -0.368 e. The van der Waals surface area contributed by atoms with Gasteiger partial charge in [-0.25, -0.2) is 4.79 Å². The van der Waals surface area contributed by atoms with Gasteiger partial charge in [0, 0.05) is 50.0 Å². The van der Waals surface area contributed by atoms with Crippen molar-refractivity contribution < 1.29 is 9.59 Å².